The van der Waals surface area contributed by atoms with Crippen molar-refractivity contribution in [3.63, 3.8) is 0 Å². The van der Waals surface area contributed by atoms with Crippen LogP contribution in [0.1, 0.15) is 41.5 Å². The van der Waals surface area contributed by atoms with Gasteiger partial charge < -0.3 is 5.32 Å². The second kappa shape index (κ2) is 21.3. The molecule has 0 bridgehead atoms. The van der Waals surface area contributed by atoms with Crippen LogP contribution in [-0.2, 0) is 0 Å². The summed E-state index contributed by atoms with van der Waals surface area (Å²) in [7, 11) is 1.61. The third kappa shape index (κ3) is 13.9. The molecule has 0 atom stereocenters. The van der Waals surface area contributed by atoms with Crippen molar-refractivity contribution in [1.82, 2.24) is 5.32 Å². The summed E-state index contributed by atoms with van der Waals surface area (Å²) < 4.78 is 0. The van der Waals surface area contributed by atoms with Crippen LogP contribution < -0.4 is 10.6 Å². The maximum absolute atomic E-state index is 8.36. The smallest absolute Gasteiger partial charge is 0.208 e. The first-order chi connectivity index (χ1) is 9.36. The van der Waals surface area contributed by atoms with Crippen molar-refractivity contribution < 1.29 is 0 Å². The molecule has 4 nitrogen and oxygen atoms in total. The summed E-state index contributed by atoms with van der Waals surface area (Å²) in [6.07, 6.45) is 1.80. The molecule has 1 aromatic carbocycles. The molecule has 0 aromatic heterocycles. The minimum atomic E-state index is 0.439. The minimum Gasteiger partial charge on any atom is -0.326 e. The van der Waals surface area contributed by atoms with Gasteiger partial charge in [0.25, 0.3) is 0 Å². The van der Waals surface area contributed by atoms with Crippen molar-refractivity contribution in [2.45, 2.75) is 41.5 Å². The first-order valence-electron chi connectivity index (χ1n) is 6.81. The molecule has 0 aliphatic carbocycles. The summed E-state index contributed by atoms with van der Waals surface area (Å²) in [4.78, 5) is 3.84. The fourth-order valence-corrected chi connectivity index (χ4v) is 0.854. The minimum absolute atomic E-state index is 0.439. The van der Waals surface area contributed by atoms with E-state index in [0.29, 0.717) is 5.96 Å². The fraction of sp³-hybridized carbons (Fsp3) is 0.467. The van der Waals surface area contributed by atoms with Crippen LogP contribution in [0.25, 0.3) is 0 Å². The number of guanidine groups is 1. The molecule has 0 aliphatic heterocycles. The van der Waals surface area contributed by atoms with Crippen molar-refractivity contribution in [3.05, 3.63) is 30.3 Å². The molecule has 4 heteroatoms. The number of nitriles is 1. The molecule has 0 unspecified atom stereocenters. The van der Waals surface area contributed by atoms with Gasteiger partial charge in [0.1, 0.15) is 0 Å². The van der Waals surface area contributed by atoms with Gasteiger partial charge in [-0.1, -0.05) is 59.7 Å². The molecule has 1 rings (SSSR count). The Kier molecular flexibility index (Phi) is 24.9. The van der Waals surface area contributed by atoms with Gasteiger partial charge in [0.2, 0.25) is 5.96 Å². The average Bonchev–Trinajstić information content (AvgIpc) is 2.54. The number of nitrogens with one attached hydrogen (secondary N) is 2. The highest BCUT2D eigenvalue weighted by atomic mass is 15.2. The van der Waals surface area contributed by atoms with Gasteiger partial charge in [0.15, 0.2) is 6.19 Å². The summed E-state index contributed by atoms with van der Waals surface area (Å²) in [6.45, 7) is 12.0. The second-order valence-corrected chi connectivity index (χ2v) is 2.30. The van der Waals surface area contributed by atoms with E-state index in [1.165, 1.54) is 0 Å². The van der Waals surface area contributed by atoms with Crippen LogP contribution in [0.4, 0.5) is 5.69 Å². The van der Waals surface area contributed by atoms with E-state index < -0.39 is 0 Å². The van der Waals surface area contributed by atoms with Gasteiger partial charge in [-0.25, -0.2) is 0 Å². The van der Waals surface area contributed by atoms with Crippen LogP contribution in [0.2, 0.25) is 0 Å². The highest BCUT2D eigenvalue weighted by Gasteiger charge is 1.95. The summed E-state index contributed by atoms with van der Waals surface area (Å²) in [5.41, 5.74) is 0.894. The van der Waals surface area contributed by atoms with Crippen molar-refractivity contribution in [1.29, 1.82) is 5.26 Å². The van der Waals surface area contributed by atoms with Crippen LogP contribution in [0.15, 0.2) is 35.3 Å². The molecule has 108 valence electrons. The van der Waals surface area contributed by atoms with Crippen molar-refractivity contribution in [2.75, 3.05) is 12.4 Å². The van der Waals surface area contributed by atoms with Gasteiger partial charge in [-0.2, -0.15) is 5.26 Å². The molecule has 0 aliphatic rings. The van der Waals surface area contributed by atoms with Gasteiger partial charge in [0, 0.05) is 12.7 Å². The third-order valence-corrected chi connectivity index (χ3v) is 1.43. The van der Waals surface area contributed by atoms with Crippen molar-refractivity contribution in [2.24, 2.45) is 4.99 Å². The number of rotatable bonds is 1. The highest BCUT2D eigenvalue weighted by molar-refractivity contribution is 5.94. The monoisotopic (exact) mass is 264 g/mol. The Balaban J connectivity index is -0.000000375. The molecule has 0 radical (unpaired) electrons. The number of nitrogens with zero attached hydrogens (tertiary/aromatic N) is 2. The molecular formula is C15H28N4. The Morgan fingerprint density at radius 1 is 1.00 bits per heavy atom. The second-order valence-electron chi connectivity index (χ2n) is 2.30. The number of para-hydroxylation sites is 1. The normalized spacial score (nSPS) is 8.00. The van der Waals surface area contributed by atoms with E-state index in [1.54, 1.807) is 13.2 Å². The van der Waals surface area contributed by atoms with Gasteiger partial charge in [-0.3, -0.25) is 10.3 Å². The van der Waals surface area contributed by atoms with Gasteiger partial charge in [-0.05, 0) is 12.1 Å². The molecular weight excluding hydrogens is 236 g/mol. The predicted octanol–water partition coefficient (Wildman–Crippen LogP) is 4.23. The quantitative estimate of drug-likeness (QED) is 0.345. The molecule has 0 spiro atoms. The first-order valence-corrected chi connectivity index (χ1v) is 6.81. The third-order valence-electron chi connectivity index (χ3n) is 1.43. The Hall–Kier alpha value is -2.02. The van der Waals surface area contributed by atoms with Gasteiger partial charge >= 0.3 is 0 Å². The molecule has 1 aromatic rings. The van der Waals surface area contributed by atoms with Crippen LogP contribution in [0.5, 0.6) is 0 Å². The number of anilines is 1. The SMILES string of the molecule is CC.CC.CC.CN=C(NC#N)Nc1ccccc1. The molecule has 2 N–H and O–H groups in total. The molecule has 0 amide bonds. The van der Waals surface area contributed by atoms with E-state index in [-0.39, 0.29) is 0 Å². The maximum atomic E-state index is 8.36. The van der Waals surface area contributed by atoms with Crippen LogP contribution in [0, 0.1) is 11.5 Å². The van der Waals surface area contributed by atoms with Crippen molar-refractivity contribution >= 4 is 11.6 Å². The van der Waals surface area contributed by atoms with Crippen molar-refractivity contribution in [3.8, 4) is 6.19 Å². The van der Waals surface area contributed by atoms with Crippen LogP contribution in [-0.4, -0.2) is 13.0 Å². The summed E-state index contributed by atoms with van der Waals surface area (Å²) >= 11 is 0. The zero-order valence-electron chi connectivity index (χ0n) is 13.3. The van der Waals surface area contributed by atoms with Crippen LogP contribution >= 0.6 is 0 Å². The lowest BCUT2D eigenvalue weighted by atomic mass is 10.3. The summed E-state index contributed by atoms with van der Waals surface area (Å²) in [5.74, 6) is 0.439. The summed E-state index contributed by atoms with van der Waals surface area (Å²) in [5, 5.41) is 13.7. The van der Waals surface area contributed by atoms with Gasteiger partial charge in [-0.15, -0.1) is 0 Å². The fourth-order valence-electron chi connectivity index (χ4n) is 0.854. The number of aliphatic imine (C=N–C) groups is 1. The number of hydrogen-bond acceptors (Lipinski definition) is 2. The largest absolute Gasteiger partial charge is 0.326 e. The van der Waals surface area contributed by atoms with E-state index in [2.05, 4.69) is 15.6 Å². The topological polar surface area (TPSA) is 60.2 Å². The van der Waals surface area contributed by atoms with E-state index in [1.807, 2.05) is 71.9 Å². The zero-order valence-corrected chi connectivity index (χ0v) is 13.3. The van der Waals surface area contributed by atoms with Crippen LogP contribution in [0.3, 0.4) is 0 Å². The Morgan fingerprint density at radius 3 is 1.84 bits per heavy atom. The molecule has 0 saturated carbocycles. The predicted molar refractivity (Wildman–Crippen MR) is 86.2 cm³/mol. The lowest BCUT2D eigenvalue weighted by Crippen LogP contribution is -2.26. The molecule has 0 heterocycles. The number of benzene rings is 1. The molecule has 19 heavy (non-hydrogen) atoms. The molecule has 0 fully saturated rings. The lowest BCUT2D eigenvalue weighted by Gasteiger charge is -2.05. The first kappa shape index (κ1) is 22.2. The Labute approximate surface area is 118 Å². The van der Waals surface area contributed by atoms with E-state index in [0.717, 1.165) is 5.69 Å². The van der Waals surface area contributed by atoms with E-state index in [4.69, 9.17) is 5.26 Å². The highest BCUT2D eigenvalue weighted by Crippen LogP contribution is 2.03. The Morgan fingerprint density at radius 2 is 1.47 bits per heavy atom. The average molecular weight is 264 g/mol. The van der Waals surface area contributed by atoms with E-state index >= 15 is 0 Å². The Bertz CT molecular complexity index is 326. The lowest BCUT2D eigenvalue weighted by molar-refractivity contribution is 1.21. The standard InChI is InChI=1S/C9H10N4.3C2H6/c1-11-9(12-7-10)13-8-5-3-2-4-6-8;3*1-2/h2-6H,1H3,(H2,11,12,13);3*1-2H3. The van der Waals surface area contributed by atoms with E-state index in [9.17, 15) is 0 Å². The maximum Gasteiger partial charge on any atom is 0.208 e. The van der Waals surface area contributed by atoms with Gasteiger partial charge in [0.05, 0.1) is 0 Å². The molecule has 0 saturated heterocycles. The summed E-state index contributed by atoms with van der Waals surface area (Å²) in [6, 6.07) is 9.52. The zero-order chi connectivity index (χ0) is 15.5. The number of hydrogen-bond donors (Lipinski definition) is 2.